The standard InChI is InChI=1S/C31H42Br2/c1-20-23(6-22(32)7-24(20)33)29-13-27(4)12-28(5,14-29)18-31(17-27,19-29)30-10-21-8-25(2,15-30)11-26(3,9-21)16-30/h6-7,21H,8-19H2,1-5H3. The van der Waals surface area contributed by atoms with Crippen molar-refractivity contribution in [2.24, 2.45) is 38.4 Å². The molecule has 9 rings (SSSR count). The van der Waals surface area contributed by atoms with Crippen molar-refractivity contribution in [3.8, 4) is 0 Å². The number of halogens is 2. The zero-order valence-electron chi connectivity index (χ0n) is 21.5. The lowest BCUT2D eigenvalue weighted by Crippen LogP contribution is -2.69. The van der Waals surface area contributed by atoms with Crippen LogP contribution >= 0.6 is 31.9 Å². The molecular weight excluding hydrogens is 532 g/mol. The van der Waals surface area contributed by atoms with Gasteiger partial charge in [-0.25, -0.2) is 0 Å². The molecule has 0 radical (unpaired) electrons. The van der Waals surface area contributed by atoms with Gasteiger partial charge in [0.2, 0.25) is 0 Å². The molecule has 4 unspecified atom stereocenters. The molecule has 0 nitrogen and oxygen atoms in total. The van der Waals surface area contributed by atoms with Gasteiger partial charge in [0.25, 0.3) is 0 Å². The van der Waals surface area contributed by atoms with Crippen molar-refractivity contribution in [2.45, 2.75) is 117 Å². The van der Waals surface area contributed by atoms with Crippen LogP contribution in [0.2, 0.25) is 0 Å². The van der Waals surface area contributed by atoms with E-state index in [0.717, 1.165) is 5.92 Å². The van der Waals surface area contributed by atoms with E-state index in [1.807, 2.05) is 0 Å². The second kappa shape index (κ2) is 6.17. The summed E-state index contributed by atoms with van der Waals surface area (Å²) in [6, 6.07) is 4.79. The zero-order valence-corrected chi connectivity index (χ0v) is 24.6. The maximum atomic E-state index is 3.93. The SMILES string of the molecule is Cc1c(Br)cc(Br)cc1C12CC3(C)CC(C)(C1)CC(C14CC5CC(C)(CC(C)(C5)C1)C4)(C3)C2. The van der Waals surface area contributed by atoms with Crippen molar-refractivity contribution in [1.29, 1.82) is 0 Å². The molecule has 8 fully saturated rings. The molecule has 8 aliphatic rings. The molecule has 8 aliphatic carbocycles. The van der Waals surface area contributed by atoms with E-state index in [2.05, 4.69) is 78.6 Å². The molecule has 0 spiro atoms. The summed E-state index contributed by atoms with van der Waals surface area (Å²) >= 11 is 7.81. The van der Waals surface area contributed by atoms with Crippen LogP contribution in [0.15, 0.2) is 21.1 Å². The summed E-state index contributed by atoms with van der Waals surface area (Å²) in [7, 11) is 0. The van der Waals surface area contributed by atoms with E-state index in [-0.39, 0.29) is 0 Å². The third kappa shape index (κ3) is 2.92. The van der Waals surface area contributed by atoms with Gasteiger partial charge in [-0.15, -0.1) is 0 Å². The Morgan fingerprint density at radius 1 is 0.636 bits per heavy atom. The fraction of sp³-hybridized carbons (Fsp3) is 0.806. The average Bonchev–Trinajstić information content (AvgIpc) is 2.58. The molecule has 8 bridgehead atoms. The summed E-state index contributed by atoms with van der Waals surface area (Å²) < 4.78 is 2.55. The molecule has 33 heavy (non-hydrogen) atoms. The normalized spacial score (nSPS) is 56.0. The van der Waals surface area contributed by atoms with E-state index in [0.29, 0.717) is 37.9 Å². The first kappa shape index (κ1) is 22.4. The molecule has 0 saturated heterocycles. The molecule has 0 amide bonds. The van der Waals surface area contributed by atoms with Crippen LogP contribution in [0.3, 0.4) is 0 Å². The molecule has 0 heterocycles. The number of rotatable bonds is 2. The quantitative estimate of drug-likeness (QED) is 0.330. The van der Waals surface area contributed by atoms with E-state index in [1.165, 1.54) is 85.1 Å². The van der Waals surface area contributed by atoms with Crippen molar-refractivity contribution in [3.63, 3.8) is 0 Å². The minimum atomic E-state index is 0.361. The highest BCUT2D eigenvalue weighted by molar-refractivity contribution is 9.11. The van der Waals surface area contributed by atoms with Gasteiger partial charge in [0.15, 0.2) is 0 Å². The lowest BCUT2D eigenvalue weighted by Gasteiger charge is -2.78. The van der Waals surface area contributed by atoms with Crippen LogP contribution in [0.1, 0.15) is 116 Å². The summed E-state index contributed by atoms with van der Waals surface area (Å²) in [6.07, 6.45) is 18.0. The summed E-state index contributed by atoms with van der Waals surface area (Å²) in [6.45, 7) is 13.2. The molecule has 0 N–H and O–H groups in total. The van der Waals surface area contributed by atoms with Crippen molar-refractivity contribution < 1.29 is 0 Å². The van der Waals surface area contributed by atoms with Gasteiger partial charge in [0.1, 0.15) is 0 Å². The lowest BCUT2D eigenvalue weighted by molar-refractivity contribution is -0.270. The molecule has 2 heteroatoms. The first-order valence-corrected chi connectivity index (χ1v) is 15.3. The van der Waals surface area contributed by atoms with Crippen LogP contribution in [0.4, 0.5) is 0 Å². The average molecular weight is 574 g/mol. The highest BCUT2D eigenvalue weighted by Crippen LogP contribution is 2.83. The Hall–Kier alpha value is 0.180. The lowest BCUT2D eigenvalue weighted by atomic mass is 9.26. The Morgan fingerprint density at radius 2 is 1.18 bits per heavy atom. The van der Waals surface area contributed by atoms with E-state index >= 15 is 0 Å². The fourth-order valence-corrected chi connectivity index (χ4v) is 15.0. The fourth-order valence-electron chi connectivity index (χ4n) is 13.8. The number of hydrogen-bond acceptors (Lipinski definition) is 0. The first-order valence-electron chi connectivity index (χ1n) is 13.7. The van der Waals surface area contributed by atoms with Gasteiger partial charge in [-0.1, -0.05) is 59.6 Å². The molecule has 8 saturated carbocycles. The smallest absolute Gasteiger partial charge is 0.0218 e. The summed E-state index contributed by atoms with van der Waals surface area (Å²) in [5.41, 5.74) is 6.93. The van der Waals surface area contributed by atoms with Crippen LogP contribution in [0.5, 0.6) is 0 Å². The molecular formula is C31H42Br2. The molecule has 0 aliphatic heterocycles. The monoisotopic (exact) mass is 572 g/mol. The van der Waals surface area contributed by atoms with Gasteiger partial charge in [0.05, 0.1) is 0 Å². The maximum absolute atomic E-state index is 3.93. The predicted molar refractivity (Wildman–Crippen MR) is 144 cm³/mol. The Kier molecular flexibility index (Phi) is 4.19. The van der Waals surface area contributed by atoms with E-state index in [1.54, 1.807) is 12.0 Å². The first-order chi connectivity index (χ1) is 15.2. The Balaban J connectivity index is 1.42. The van der Waals surface area contributed by atoms with E-state index in [4.69, 9.17) is 0 Å². The number of benzene rings is 1. The van der Waals surface area contributed by atoms with Gasteiger partial charge in [0, 0.05) is 8.95 Å². The maximum Gasteiger partial charge on any atom is 0.0218 e. The second-order valence-electron chi connectivity index (χ2n) is 16.2. The minimum Gasteiger partial charge on any atom is -0.0596 e. The van der Waals surface area contributed by atoms with Gasteiger partial charge in [-0.3, -0.25) is 0 Å². The third-order valence-electron chi connectivity index (χ3n) is 12.2. The molecule has 180 valence electrons. The Morgan fingerprint density at radius 3 is 1.76 bits per heavy atom. The van der Waals surface area contributed by atoms with Crippen LogP contribution in [0.25, 0.3) is 0 Å². The van der Waals surface area contributed by atoms with Crippen molar-refractivity contribution in [3.05, 3.63) is 32.2 Å². The number of hydrogen-bond donors (Lipinski definition) is 0. The topological polar surface area (TPSA) is 0 Å². The van der Waals surface area contributed by atoms with Crippen LogP contribution in [-0.2, 0) is 5.41 Å². The van der Waals surface area contributed by atoms with Crippen molar-refractivity contribution >= 4 is 31.9 Å². The summed E-state index contributed by atoms with van der Waals surface area (Å²) in [5, 5.41) is 0. The Bertz CT molecular complexity index is 1030. The molecule has 0 aromatic heterocycles. The highest BCUT2D eigenvalue weighted by atomic mass is 79.9. The summed E-state index contributed by atoms with van der Waals surface area (Å²) in [5.74, 6) is 1.00. The molecule has 1 aromatic rings. The predicted octanol–water partition coefficient (Wildman–Crippen LogP) is 10.1. The van der Waals surface area contributed by atoms with Crippen molar-refractivity contribution in [2.75, 3.05) is 0 Å². The second-order valence-corrected chi connectivity index (χ2v) is 18.0. The van der Waals surface area contributed by atoms with Crippen LogP contribution < -0.4 is 0 Å². The van der Waals surface area contributed by atoms with E-state index in [9.17, 15) is 0 Å². The minimum absolute atomic E-state index is 0.361. The highest BCUT2D eigenvalue weighted by Gasteiger charge is 2.74. The molecule has 1 aromatic carbocycles. The van der Waals surface area contributed by atoms with Crippen LogP contribution in [-0.4, -0.2) is 0 Å². The van der Waals surface area contributed by atoms with Gasteiger partial charge in [-0.05, 0) is 151 Å². The largest absolute Gasteiger partial charge is 0.0596 e. The van der Waals surface area contributed by atoms with E-state index < -0.39 is 0 Å². The van der Waals surface area contributed by atoms with Crippen LogP contribution in [0, 0.1) is 45.3 Å². The van der Waals surface area contributed by atoms with Gasteiger partial charge >= 0.3 is 0 Å². The molecule has 4 atom stereocenters. The Labute approximate surface area is 218 Å². The summed E-state index contributed by atoms with van der Waals surface area (Å²) in [4.78, 5) is 0. The third-order valence-corrected chi connectivity index (χ3v) is 13.5. The zero-order chi connectivity index (χ0) is 23.3. The van der Waals surface area contributed by atoms with Gasteiger partial charge in [-0.2, -0.15) is 0 Å². The van der Waals surface area contributed by atoms with Crippen molar-refractivity contribution in [1.82, 2.24) is 0 Å². The van der Waals surface area contributed by atoms with Gasteiger partial charge < -0.3 is 0 Å².